The summed E-state index contributed by atoms with van der Waals surface area (Å²) in [5.74, 6) is 0.156. The Hall–Kier alpha value is -1.43. The molecule has 0 saturated carbocycles. The number of hydrogen-bond acceptors (Lipinski definition) is 4. The molecule has 128 valence electrons. The normalized spacial score (nSPS) is 17.5. The van der Waals surface area contributed by atoms with Crippen LogP contribution in [0.5, 0.6) is 0 Å². The van der Waals surface area contributed by atoms with E-state index < -0.39 is 0 Å². The second kappa shape index (κ2) is 8.43. The predicted molar refractivity (Wildman–Crippen MR) is 92.2 cm³/mol. The van der Waals surface area contributed by atoms with Crippen LogP contribution in [0.1, 0.15) is 18.1 Å². The summed E-state index contributed by atoms with van der Waals surface area (Å²) < 4.78 is 0. The van der Waals surface area contributed by atoms with Crippen LogP contribution in [0.4, 0.5) is 0 Å². The summed E-state index contributed by atoms with van der Waals surface area (Å²) in [6.45, 7) is 8.88. The molecular formula is C18H29N3O2. The number of piperazine rings is 1. The number of aliphatic hydroxyl groups excluding tert-OH is 1. The summed E-state index contributed by atoms with van der Waals surface area (Å²) in [6, 6.07) is 8.49. The molecule has 0 spiro atoms. The van der Waals surface area contributed by atoms with Crippen LogP contribution in [-0.4, -0.2) is 78.1 Å². The Morgan fingerprint density at radius 3 is 2.52 bits per heavy atom. The molecule has 5 heteroatoms. The smallest absolute Gasteiger partial charge is 0.236 e. The van der Waals surface area contributed by atoms with Gasteiger partial charge in [-0.15, -0.1) is 0 Å². The zero-order valence-electron chi connectivity index (χ0n) is 14.5. The van der Waals surface area contributed by atoms with Gasteiger partial charge in [-0.1, -0.05) is 24.3 Å². The van der Waals surface area contributed by atoms with Gasteiger partial charge in [0.1, 0.15) is 0 Å². The molecule has 1 unspecified atom stereocenters. The summed E-state index contributed by atoms with van der Waals surface area (Å²) >= 11 is 0. The number of likely N-dealkylation sites (N-methyl/N-ethyl adjacent to an activating group) is 1. The van der Waals surface area contributed by atoms with Crippen LogP contribution in [0, 0.1) is 6.92 Å². The Morgan fingerprint density at radius 1 is 1.26 bits per heavy atom. The van der Waals surface area contributed by atoms with Gasteiger partial charge in [-0.05, 0) is 32.0 Å². The Labute approximate surface area is 139 Å². The van der Waals surface area contributed by atoms with Crippen LogP contribution in [-0.2, 0) is 11.3 Å². The molecule has 1 fully saturated rings. The number of rotatable bonds is 6. The van der Waals surface area contributed by atoms with E-state index in [1.54, 1.807) is 0 Å². The molecular weight excluding hydrogens is 290 g/mol. The molecule has 0 bridgehead atoms. The molecule has 1 aliphatic rings. The van der Waals surface area contributed by atoms with E-state index in [9.17, 15) is 4.79 Å². The van der Waals surface area contributed by atoms with Gasteiger partial charge in [0.25, 0.3) is 0 Å². The zero-order valence-corrected chi connectivity index (χ0v) is 14.5. The van der Waals surface area contributed by atoms with Gasteiger partial charge in [0.05, 0.1) is 13.2 Å². The van der Waals surface area contributed by atoms with E-state index in [2.05, 4.69) is 36.1 Å². The highest BCUT2D eigenvalue weighted by Crippen LogP contribution is 2.12. The first kappa shape index (κ1) is 17.9. The van der Waals surface area contributed by atoms with Crippen molar-refractivity contribution in [3.63, 3.8) is 0 Å². The van der Waals surface area contributed by atoms with E-state index in [0.29, 0.717) is 6.54 Å². The van der Waals surface area contributed by atoms with E-state index in [1.807, 2.05) is 23.8 Å². The number of amides is 1. The third-order valence-corrected chi connectivity index (χ3v) is 4.78. The molecule has 1 aromatic rings. The number of carbonyl (C=O) groups is 1. The van der Waals surface area contributed by atoms with Crippen LogP contribution in [0.3, 0.4) is 0 Å². The highest BCUT2D eigenvalue weighted by Gasteiger charge is 2.23. The Balaban J connectivity index is 1.79. The number of aryl methyl sites for hydroxylation is 1. The molecule has 0 radical (unpaired) electrons. The molecule has 1 N–H and O–H groups in total. The Kier molecular flexibility index (Phi) is 6.57. The van der Waals surface area contributed by atoms with Gasteiger partial charge in [0.15, 0.2) is 0 Å². The quantitative estimate of drug-likeness (QED) is 0.848. The number of carbonyl (C=O) groups excluding carboxylic acids is 1. The van der Waals surface area contributed by atoms with Crippen molar-refractivity contribution >= 4 is 5.91 Å². The molecule has 0 aliphatic carbocycles. The fraction of sp³-hybridized carbons (Fsp3) is 0.611. The Morgan fingerprint density at radius 2 is 1.91 bits per heavy atom. The van der Waals surface area contributed by atoms with E-state index in [0.717, 1.165) is 32.7 Å². The van der Waals surface area contributed by atoms with Crippen molar-refractivity contribution in [2.24, 2.45) is 0 Å². The maximum Gasteiger partial charge on any atom is 0.236 e. The summed E-state index contributed by atoms with van der Waals surface area (Å²) in [5.41, 5.74) is 2.69. The molecule has 1 heterocycles. The Bertz CT molecular complexity index is 513. The van der Waals surface area contributed by atoms with Crippen molar-refractivity contribution in [3.05, 3.63) is 35.4 Å². The summed E-state index contributed by atoms with van der Waals surface area (Å²) in [5, 5.41) is 9.15. The van der Waals surface area contributed by atoms with Crippen molar-refractivity contribution in [2.75, 3.05) is 46.4 Å². The molecule has 1 atom stereocenters. The molecule has 5 nitrogen and oxygen atoms in total. The molecule has 1 amide bonds. The highest BCUT2D eigenvalue weighted by molar-refractivity contribution is 5.78. The monoisotopic (exact) mass is 319 g/mol. The SMILES string of the molecule is Cc1ccccc1CN1CCN(C(=O)CN(C)C(C)CO)CC1. The lowest BCUT2D eigenvalue weighted by molar-refractivity contribution is -0.134. The van der Waals surface area contributed by atoms with Crippen LogP contribution in [0.2, 0.25) is 0 Å². The predicted octanol–water partition coefficient (Wildman–Crippen LogP) is 0.952. The zero-order chi connectivity index (χ0) is 16.8. The fourth-order valence-corrected chi connectivity index (χ4v) is 2.79. The molecule has 2 rings (SSSR count). The fourth-order valence-electron chi connectivity index (χ4n) is 2.79. The molecule has 0 aromatic heterocycles. The lowest BCUT2D eigenvalue weighted by Gasteiger charge is -2.36. The topological polar surface area (TPSA) is 47.0 Å². The van der Waals surface area contributed by atoms with Crippen molar-refractivity contribution in [2.45, 2.75) is 26.4 Å². The maximum absolute atomic E-state index is 12.3. The minimum atomic E-state index is 0.0151. The van der Waals surface area contributed by atoms with Crippen molar-refractivity contribution in [1.29, 1.82) is 0 Å². The van der Waals surface area contributed by atoms with Crippen LogP contribution in [0.15, 0.2) is 24.3 Å². The molecule has 1 aromatic carbocycles. The van der Waals surface area contributed by atoms with Crippen LogP contribution >= 0.6 is 0 Å². The highest BCUT2D eigenvalue weighted by atomic mass is 16.3. The van der Waals surface area contributed by atoms with Gasteiger partial charge in [-0.25, -0.2) is 0 Å². The third kappa shape index (κ3) is 5.03. The third-order valence-electron chi connectivity index (χ3n) is 4.78. The molecule has 1 aliphatic heterocycles. The molecule has 1 saturated heterocycles. The number of nitrogens with zero attached hydrogens (tertiary/aromatic N) is 3. The van der Waals surface area contributed by atoms with Crippen LogP contribution < -0.4 is 0 Å². The van der Waals surface area contributed by atoms with E-state index in [1.165, 1.54) is 11.1 Å². The van der Waals surface area contributed by atoms with Crippen molar-refractivity contribution < 1.29 is 9.90 Å². The van der Waals surface area contributed by atoms with Gasteiger partial charge >= 0.3 is 0 Å². The van der Waals surface area contributed by atoms with E-state index >= 15 is 0 Å². The van der Waals surface area contributed by atoms with Gasteiger partial charge in [-0.3, -0.25) is 14.6 Å². The van der Waals surface area contributed by atoms with Crippen molar-refractivity contribution in [1.82, 2.24) is 14.7 Å². The summed E-state index contributed by atoms with van der Waals surface area (Å²) in [4.78, 5) is 18.6. The van der Waals surface area contributed by atoms with Gasteiger partial charge < -0.3 is 10.0 Å². The standard InChI is InChI=1S/C18H29N3O2/c1-15-6-4-5-7-17(15)12-20-8-10-21(11-9-20)18(23)13-19(3)16(2)14-22/h4-7,16,22H,8-14H2,1-3H3. The number of aliphatic hydroxyl groups is 1. The second-order valence-electron chi connectivity index (χ2n) is 6.53. The second-order valence-corrected chi connectivity index (χ2v) is 6.53. The average Bonchev–Trinajstić information content (AvgIpc) is 2.56. The lowest BCUT2D eigenvalue weighted by Crippen LogP contribution is -2.51. The largest absolute Gasteiger partial charge is 0.395 e. The molecule has 23 heavy (non-hydrogen) atoms. The first-order valence-corrected chi connectivity index (χ1v) is 8.37. The summed E-state index contributed by atoms with van der Waals surface area (Å²) in [6.07, 6.45) is 0. The van der Waals surface area contributed by atoms with Gasteiger partial charge in [-0.2, -0.15) is 0 Å². The van der Waals surface area contributed by atoms with Crippen LogP contribution in [0.25, 0.3) is 0 Å². The van der Waals surface area contributed by atoms with Crippen molar-refractivity contribution in [3.8, 4) is 0 Å². The van der Waals surface area contributed by atoms with E-state index in [4.69, 9.17) is 5.11 Å². The minimum absolute atomic E-state index is 0.0151. The van der Waals surface area contributed by atoms with E-state index in [-0.39, 0.29) is 18.6 Å². The maximum atomic E-state index is 12.3. The minimum Gasteiger partial charge on any atom is -0.395 e. The van der Waals surface area contributed by atoms with Gasteiger partial charge in [0, 0.05) is 38.8 Å². The first-order valence-electron chi connectivity index (χ1n) is 8.37. The lowest BCUT2D eigenvalue weighted by atomic mass is 10.1. The number of benzene rings is 1. The number of hydrogen-bond donors (Lipinski definition) is 1. The summed E-state index contributed by atoms with van der Waals surface area (Å²) in [7, 11) is 1.88. The first-order chi connectivity index (χ1) is 11.0. The van der Waals surface area contributed by atoms with Gasteiger partial charge in [0.2, 0.25) is 5.91 Å². The average molecular weight is 319 g/mol.